The predicted octanol–water partition coefficient (Wildman–Crippen LogP) is 3.53. The zero-order valence-electron chi connectivity index (χ0n) is 12.0. The van der Waals surface area contributed by atoms with E-state index in [-0.39, 0.29) is 23.1 Å². The average Bonchev–Trinajstić information content (AvgIpc) is 2.50. The lowest BCUT2D eigenvalue weighted by Crippen LogP contribution is -2.34. The molecule has 0 spiro atoms. The van der Waals surface area contributed by atoms with Crippen molar-refractivity contribution in [2.45, 2.75) is 51.7 Å². The van der Waals surface area contributed by atoms with Gasteiger partial charge in [0.2, 0.25) is 0 Å². The third-order valence-corrected chi connectivity index (χ3v) is 3.75. The quantitative estimate of drug-likeness (QED) is 0.834. The predicted molar refractivity (Wildman–Crippen MR) is 72.5 cm³/mol. The van der Waals surface area contributed by atoms with Crippen LogP contribution in [0.3, 0.4) is 0 Å². The number of Topliss-reactive ketones (excluding diaryl/α,β-unsaturated/α-hetero) is 1. The van der Waals surface area contributed by atoms with Gasteiger partial charge in [-0.15, -0.1) is 0 Å². The summed E-state index contributed by atoms with van der Waals surface area (Å²) in [6, 6.07) is 6.12. The van der Waals surface area contributed by atoms with Crippen molar-refractivity contribution >= 4 is 5.78 Å². The number of carbonyl (C=O) groups excluding carboxylic acids is 1. The van der Waals surface area contributed by atoms with Gasteiger partial charge in [0, 0.05) is 12.3 Å². The highest BCUT2D eigenvalue weighted by molar-refractivity contribution is 5.84. The lowest BCUT2D eigenvalue weighted by atomic mass is 9.82. The summed E-state index contributed by atoms with van der Waals surface area (Å²) in [4.78, 5) is 12.4. The Morgan fingerprint density at radius 2 is 1.84 bits per heavy atom. The van der Waals surface area contributed by atoms with Gasteiger partial charge in [-0.2, -0.15) is 0 Å². The van der Waals surface area contributed by atoms with Crippen molar-refractivity contribution < 1.29 is 13.9 Å². The van der Waals surface area contributed by atoms with E-state index in [1.165, 1.54) is 12.1 Å². The smallest absolute Gasteiger partial charge is 0.143 e. The largest absolute Gasteiger partial charge is 0.369 e. The van der Waals surface area contributed by atoms with Gasteiger partial charge in [0.05, 0.1) is 11.2 Å². The van der Waals surface area contributed by atoms with E-state index in [9.17, 15) is 9.18 Å². The van der Waals surface area contributed by atoms with E-state index in [4.69, 9.17) is 4.74 Å². The molecule has 2 rings (SSSR count). The van der Waals surface area contributed by atoms with Crippen molar-refractivity contribution in [2.24, 2.45) is 5.92 Å². The molecule has 0 saturated carbocycles. The summed E-state index contributed by atoms with van der Waals surface area (Å²) in [6.45, 7) is 7.96. The van der Waals surface area contributed by atoms with Crippen molar-refractivity contribution in [1.29, 1.82) is 0 Å². The lowest BCUT2D eigenvalue weighted by molar-refractivity contribution is -0.128. The molecule has 0 aliphatic carbocycles. The molecule has 1 saturated heterocycles. The van der Waals surface area contributed by atoms with Crippen LogP contribution in [-0.4, -0.2) is 17.0 Å². The molecule has 1 heterocycles. The summed E-state index contributed by atoms with van der Waals surface area (Å²) in [5.41, 5.74) is 0.166. The number of hydrogen-bond donors (Lipinski definition) is 0. The Balaban J connectivity index is 2.10. The summed E-state index contributed by atoms with van der Waals surface area (Å²) in [5, 5.41) is 0. The minimum absolute atomic E-state index is 0.104. The number of hydrogen-bond acceptors (Lipinski definition) is 2. The number of halogens is 1. The first kappa shape index (κ1) is 14.2. The van der Waals surface area contributed by atoms with Gasteiger partial charge in [0.1, 0.15) is 11.6 Å². The molecule has 1 aliphatic rings. The molecule has 19 heavy (non-hydrogen) atoms. The lowest BCUT2D eigenvalue weighted by Gasteiger charge is -2.26. The van der Waals surface area contributed by atoms with E-state index >= 15 is 0 Å². The summed E-state index contributed by atoms with van der Waals surface area (Å²) < 4.78 is 18.8. The zero-order chi connectivity index (χ0) is 14.3. The van der Waals surface area contributed by atoms with E-state index in [0.717, 1.165) is 12.0 Å². The fourth-order valence-electron chi connectivity index (χ4n) is 2.99. The Kier molecular flexibility index (Phi) is 3.52. The van der Waals surface area contributed by atoms with Crippen molar-refractivity contribution in [1.82, 2.24) is 0 Å². The maximum absolute atomic E-state index is 12.8. The number of rotatable bonds is 3. The van der Waals surface area contributed by atoms with Crippen LogP contribution in [0, 0.1) is 11.7 Å². The second-order valence-electron chi connectivity index (χ2n) is 6.49. The average molecular weight is 264 g/mol. The molecular formula is C16H21FO2. The summed E-state index contributed by atoms with van der Waals surface area (Å²) >= 11 is 0. The molecule has 104 valence electrons. The second kappa shape index (κ2) is 4.71. The monoisotopic (exact) mass is 264 g/mol. The first-order chi connectivity index (χ1) is 8.70. The summed E-state index contributed by atoms with van der Waals surface area (Å²) in [7, 11) is 0. The van der Waals surface area contributed by atoms with Gasteiger partial charge in [-0.3, -0.25) is 4.79 Å². The maximum atomic E-state index is 12.8. The van der Waals surface area contributed by atoms with Crippen molar-refractivity contribution in [3.8, 4) is 0 Å². The molecular weight excluding hydrogens is 243 g/mol. The van der Waals surface area contributed by atoms with Gasteiger partial charge >= 0.3 is 0 Å². The van der Waals surface area contributed by atoms with Crippen LogP contribution < -0.4 is 0 Å². The standard InChI is InChI=1S/C16H21FO2/c1-15(2)10-13(16(3,4)19-15)14(18)9-11-5-7-12(17)8-6-11/h5-8,13H,9-10H2,1-4H3. The van der Waals surface area contributed by atoms with Gasteiger partial charge in [-0.1, -0.05) is 12.1 Å². The van der Waals surface area contributed by atoms with Crippen molar-refractivity contribution in [2.75, 3.05) is 0 Å². The topological polar surface area (TPSA) is 26.3 Å². The van der Waals surface area contributed by atoms with Crippen molar-refractivity contribution in [3.05, 3.63) is 35.6 Å². The summed E-state index contributed by atoms with van der Waals surface area (Å²) in [6.07, 6.45) is 1.08. The van der Waals surface area contributed by atoms with Crippen LogP contribution in [0.15, 0.2) is 24.3 Å². The minimum atomic E-state index is -0.430. The minimum Gasteiger partial charge on any atom is -0.369 e. The van der Waals surface area contributed by atoms with Crippen LogP contribution in [0.2, 0.25) is 0 Å². The normalized spacial score (nSPS) is 24.4. The Morgan fingerprint density at radius 3 is 2.32 bits per heavy atom. The molecule has 1 aliphatic heterocycles. The van der Waals surface area contributed by atoms with Gasteiger partial charge in [0.25, 0.3) is 0 Å². The first-order valence-electron chi connectivity index (χ1n) is 6.67. The van der Waals surface area contributed by atoms with Crippen molar-refractivity contribution in [3.63, 3.8) is 0 Å². The molecule has 3 heteroatoms. The molecule has 2 nitrogen and oxygen atoms in total. The van der Waals surface area contributed by atoms with Crippen LogP contribution in [0.25, 0.3) is 0 Å². The van der Waals surface area contributed by atoms with E-state index < -0.39 is 5.60 Å². The number of benzene rings is 1. The van der Waals surface area contributed by atoms with Gasteiger partial charge < -0.3 is 4.74 Å². The maximum Gasteiger partial charge on any atom is 0.143 e. The van der Waals surface area contributed by atoms with Gasteiger partial charge in [-0.25, -0.2) is 4.39 Å². The molecule has 1 unspecified atom stereocenters. The van der Waals surface area contributed by atoms with Crippen LogP contribution in [-0.2, 0) is 16.0 Å². The SMILES string of the molecule is CC1(C)CC(C(=O)Cc2ccc(F)cc2)C(C)(C)O1. The molecule has 0 aromatic heterocycles. The highest BCUT2D eigenvalue weighted by atomic mass is 19.1. The Labute approximate surface area is 114 Å². The highest BCUT2D eigenvalue weighted by Gasteiger charge is 2.48. The Bertz CT molecular complexity index is 474. The molecule has 0 bridgehead atoms. The Morgan fingerprint density at radius 1 is 1.26 bits per heavy atom. The highest BCUT2D eigenvalue weighted by Crippen LogP contribution is 2.42. The summed E-state index contributed by atoms with van der Waals surface area (Å²) in [5.74, 6) is -0.211. The number of carbonyl (C=O) groups is 1. The molecule has 0 N–H and O–H groups in total. The third kappa shape index (κ3) is 3.21. The van der Waals surface area contributed by atoms with Gasteiger partial charge in [-0.05, 0) is 51.8 Å². The fraction of sp³-hybridized carbons (Fsp3) is 0.562. The van der Waals surface area contributed by atoms with E-state index in [1.807, 2.05) is 27.7 Å². The van der Waals surface area contributed by atoms with Crippen LogP contribution in [0.4, 0.5) is 4.39 Å². The van der Waals surface area contributed by atoms with E-state index in [1.54, 1.807) is 12.1 Å². The van der Waals surface area contributed by atoms with Gasteiger partial charge in [0.15, 0.2) is 0 Å². The molecule has 1 atom stereocenters. The van der Waals surface area contributed by atoms with Crippen LogP contribution >= 0.6 is 0 Å². The van der Waals surface area contributed by atoms with E-state index in [0.29, 0.717) is 6.42 Å². The Hall–Kier alpha value is -1.22. The zero-order valence-corrected chi connectivity index (χ0v) is 12.0. The van der Waals surface area contributed by atoms with Crippen LogP contribution in [0.1, 0.15) is 39.7 Å². The molecule has 1 aromatic carbocycles. The molecule has 1 fully saturated rings. The van der Waals surface area contributed by atoms with Crippen LogP contribution in [0.5, 0.6) is 0 Å². The molecule has 0 amide bonds. The second-order valence-corrected chi connectivity index (χ2v) is 6.49. The molecule has 1 aromatic rings. The first-order valence-corrected chi connectivity index (χ1v) is 6.67. The number of ketones is 1. The third-order valence-electron chi connectivity index (χ3n) is 3.75. The fourth-order valence-corrected chi connectivity index (χ4v) is 2.99. The van der Waals surface area contributed by atoms with E-state index in [2.05, 4.69) is 0 Å². The molecule has 0 radical (unpaired) electrons. The number of ether oxygens (including phenoxy) is 1.